The summed E-state index contributed by atoms with van der Waals surface area (Å²) in [5, 5.41) is 0.540. The van der Waals surface area contributed by atoms with Crippen molar-refractivity contribution in [3.63, 3.8) is 0 Å². The Morgan fingerprint density at radius 1 is 0.931 bits per heavy atom. The van der Waals surface area contributed by atoms with Gasteiger partial charge < -0.3 is 4.52 Å². The summed E-state index contributed by atoms with van der Waals surface area (Å²) in [4.78, 5) is 13.0. The molecule has 0 bridgehead atoms. The summed E-state index contributed by atoms with van der Waals surface area (Å²) >= 11 is 0. The largest absolute Gasteiger partial charge is 0.320 e. The summed E-state index contributed by atoms with van der Waals surface area (Å²) < 4.78 is 18.9. The smallest absolute Gasteiger partial charge is 0.300 e. The van der Waals surface area contributed by atoms with E-state index in [-0.39, 0.29) is 6.61 Å². The molecule has 4 heteroatoms. The molecule has 0 N–H and O–H groups in total. The molecule has 0 radical (unpaired) electrons. The molecule has 0 saturated heterocycles. The number of carbonyl (C=O) groups is 1. The molecule has 1 unspecified atom stereocenters. The third kappa shape index (κ3) is 7.39. The molecule has 1 atom stereocenters. The first kappa shape index (κ1) is 23.8. The molecule has 1 aromatic rings. The molecule has 1 aromatic carbocycles. The molecule has 29 heavy (non-hydrogen) atoms. The summed E-state index contributed by atoms with van der Waals surface area (Å²) in [7, 11) is -3.53. The van der Waals surface area contributed by atoms with Crippen LogP contribution >= 0.6 is 7.37 Å². The number of rotatable bonds is 14. The van der Waals surface area contributed by atoms with Crippen LogP contribution in [0.15, 0.2) is 47.8 Å². The summed E-state index contributed by atoms with van der Waals surface area (Å²) in [5.74, 6) is 0. The summed E-state index contributed by atoms with van der Waals surface area (Å²) in [5.41, 5.74) is 1.31. The van der Waals surface area contributed by atoms with Crippen molar-refractivity contribution in [2.45, 2.75) is 84.5 Å². The second kappa shape index (κ2) is 13.0. The van der Waals surface area contributed by atoms with Crippen molar-refractivity contribution < 1.29 is 13.9 Å². The van der Waals surface area contributed by atoms with Gasteiger partial charge in [0.05, 0.1) is 6.61 Å². The lowest BCUT2D eigenvalue weighted by Crippen LogP contribution is -2.07. The van der Waals surface area contributed by atoms with Gasteiger partial charge in [-0.3, -0.25) is 9.36 Å². The van der Waals surface area contributed by atoms with Crippen molar-refractivity contribution in [3.05, 3.63) is 58.9 Å². The highest BCUT2D eigenvalue weighted by atomic mass is 31.2. The van der Waals surface area contributed by atoms with E-state index in [1.54, 1.807) is 25.1 Å². The maximum absolute atomic E-state index is 13.4. The molecule has 0 spiro atoms. The molecule has 0 aromatic heterocycles. The van der Waals surface area contributed by atoms with Gasteiger partial charge in [0, 0.05) is 10.9 Å². The SMILES string of the molecule is CCCCCCCCCCc1ccc(C(=O)P(=O)(OCC)C2=CCCC=C2)cc1. The fourth-order valence-electron chi connectivity index (χ4n) is 3.70. The Morgan fingerprint density at radius 3 is 2.17 bits per heavy atom. The average molecular weight is 417 g/mol. The van der Waals surface area contributed by atoms with Gasteiger partial charge in [0.2, 0.25) is 0 Å². The van der Waals surface area contributed by atoms with E-state index in [0.717, 1.165) is 19.3 Å². The van der Waals surface area contributed by atoms with Crippen molar-refractivity contribution in [2.75, 3.05) is 6.61 Å². The molecule has 2 rings (SSSR count). The first-order valence-corrected chi connectivity index (χ1v) is 13.0. The molecule has 0 heterocycles. The van der Waals surface area contributed by atoms with Gasteiger partial charge in [-0.05, 0) is 38.2 Å². The third-order valence-corrected chi connectivity index (χ3v) is 7.84. The molecule has 0 amide bonds. The predicted octanol–water partition coefficient (Wildman–Crippen LogP) is 8.06. The molecule has 0 fully saturated rings. The van der Waals surface area contributed by atoms with Gasteiger partial charge in [-0.1, -0.05) is 94.4 Å². The van der Waals surface area contributed by atoms with Crippen molar-refractivity contribution >= 4 is 12.9 Å². The summed E-state index contributed by atoms with van der Waals surface area (Å²) in [6.45, 7) is 4.28. The fraction of sp³-hybridized carbons (Fsp3) is 0.560. The zero-order chi connectivity index (χ0) is 21.0. The van der Waals surface area contributed by atoms with Crippen LogP contribution < -0.4 is 0 Å². The summed E-state index contributed by atoms with van der Waals surface area (Å²) in [6, 6.07) is 7.61. The molecule has 160 valence electrons. The van der Waals surface area contributed by atoms with Gasteiger partial charge in [-0.15, -0.1) is 0 Å². The number of aryl methyl sites for hydroxylation is 1. The van der Waals surface area contributed by atoms with Gasteiger partial charge in [-0.2, -0.15) is 0 Å². The van der Waals surface area contributed by atoms with E-state index in [0.29, 0.717) is 10.9 Å². The van der Waals surface area contributed by atoms with E-state index in [9.17, 15) is 9.36 Å². The second-order valence-corrected chi connectivity index (χ2v) is 10.1. The normalized spacial score (nSPS) is 15.7. The molecule has 1 aliphatic carbocycles. The molecule has 0 saturated carbocycles. The number of hydrogen-bond acceptors (Lipinski definition) is 3. The number of unbranched alkanes of at least 4 members (excludes halogenated alkanes) is 7. The van der Waals surface area contributed by atoms with Crippen LogP contribution in [-0.2, 0) is 15.5 Å². The molecular weight excluding hydrogens is 379 g/mol. The number of hydrogen-bond donors (Lipinski definition) is 0. The summed E-state index contributed by atoms with van der Waals surface area (Å²) in [6.07, 6.45) is 18.8. The average Bonchev–Trinajstić information content (AvgIpc) is 2.76. The highest BCUT2D eigenvalue weighted by Gasteiger charge is 2.37. The lowest BCUT2D eigenvalue weighted by molar-refractivity contribution is 0.105. The van der Waals surface area contributed by atoms with E-state index in [2.05, 4.69) is 6.92 Å². The van der Waals surface area contributed by atoms with Crippen molar-refractivity contribution in [2.24, 2.45) is 0 Å². The van der Waals surface area contributed by atoms with Gasteiger partial charge >= 0.3 is 0 Å². The standard InChI is InChI=1S/C25H37O3P/c1-3-5-6-7-8-9-10-12-15-22-18-20-23(21-19-22)25(26)29(27,28-4-2)24-16-13-11-14-17-24/h13,16-21H,3-12,14-15H2,1-2H3. The van der Waals surface area contributed by atoms with Gasteiger partial charge in [0.25, 0.3) is 12.9 Å². The van der Waals surface area contributed by atoms with Crippen molar-refractivity contribution in [1.82, 2.24) is 0 Å². The predicted molar refractivity (Wildman–Crippen MR) is 123 cm³/mol. The lowest BCUT2D eigenvalue weighted by atomic mass is 10.0. The Kier molecular flexibility index (Phi) is 10.7. The molecule has 3 nitrogen and oxygen atoms in total. The Hall–Kier alpha value is -1.44. The first-order chi connectivity index (χ1) is 14.1. The maximum atomic E-state index is 13.4. The van der Waals surface area contributed by atoms with Crippen LogP contribution in [0.5, 0.6) is 0 Å². The first-order valence-electron chi connectivity index (χ1n) is 11.4. The van der Waals surface area contributed by atoms with Crippen LogP contribution in [0.4, 0.5) is 0 Å². The minimum Gasteiger partial charge on any atom is -0.320 e. The Bertz CT molecular complexity index is 731. The highest BCUT2D eigenvalue weighted by Crippen LogP contribution is 2.58. The van der Waals surface area contributed by atoms with Crippen LogP contribution in [0, 0.1) is 0 Å². The fourth-order valence-corrected chi connectivity index (χ4v) is 5.72. The topological polar surface area (TPSA) is 43.4 Å². The Morgan fingerprint density at radius 2 is 1.59 bits per heavy atom. The minimum atomic E-state index is -3.53. The van der Waals surface area contributed by atoms with Crippen LogP contribution in [0.2, 0.25) is 0 Å². The van der Waals surface area contributed by atoms with Gasteiger partial charge in [0.15, 0.2) is 0 Å². The zero-order valence-electron chi connectivity index (χ0n) is 18.2. The van der Waals surface area contributed by atoms with Crippen LogP contribution in [0.1, 0.15) is 94.0 Å². The van der Waals surface area contributed by atoms with Crippen molar-refractivity contribution in [3.8, 4) is 0 Å². The highest BCUT2D eigenvalue weighted by molar-refractivity contribution is 7.80. The van der Waals surface area contributed by atoms with E-state index in [1.165, 1.54) is 56.9 Å². The maximum Gasteiger partial charge on any atom is 0.300 e. The van der Waals surface area contributed by atoms with E-state index in [4.69, 9.17) is 4.52 Å². The molecule has 0 aliphatic heterocycles. The van der Waals surface area contributed by atoms with Crippen molar-refractivity contribution in [1.29, 1.82) is 0 Å². The quantitative estimate of drug-likeness (QED) is 0.227. The number of carbonyl (C=O) groups excluding carboxylic acids is 1. The zero-order valence-corrected chi connectivity index (χ0v) is 19.1. The molecular formula is C25H37O3P. The second-order valence-electron chi connectivity index (χ2n) is 7.80. The van der Waals surface area contributed by atoms with Crippen LogP contribution in [-0.4, -0.2) is 12.1 Å². The number of allylic oxidation sites excluding steroid dienone is 4. The molecule has 1 aliphatic rings. The van der Waals surface area contributed by atoms with E-state index < -0.39 is 12.9 Å². The number of benzene rings is 1. The Balaban J connectivity index is 1.88. The Labute approximate surface area is 177 Å². The van der Waals surface area contributed by atoms with Gasteiger partial charge in [0.1, 0.15) is 0 Å². The van der Waals surface area contributed by atoms with E-state index in [1.807, 2.05) is 24.3 Å². The lowest BCUT2D eigenvalue weighted by Gasteiger charge is -2.19. The van der Waals surface area contributed by atoms with Crippen LogP contribution in [0.25, 0.3) is 0 Å². The minimum absolute atomic E-state index is 0.255. The van der Waals surface area contributed by atoms with Crippen LogP contribution in [0.3, 0.4) is 0 Å². The monoisotopic (exact) mass is 416 g/mol. The third-order valence-electron chi connectivity index (χ3n) is 5.41. The van der Waals surface area contributed by atoms with E-state index >= 15 is 0 Å². The van der Waals surface area contributed by atoms with Gasteiger partial charge in [-0.25, -0.2) is 0 Å².